The van der Waals surface area contributed by atoms with Crippen molar-refractivity contribution >= 4 is 11.9 Å². The van der Waals surface area contributed by atoms with Crippen molar-refractivity contribution in [2.45, 2.75) is 13.3 Å². The molecule has 0 unspecified atom stereocenters. The molecule has 1 heterocycles. The Hall–Kier alpha value is -1.52. The normalized spacial score (nSPS) is 10.0. The number of amides is 1. The Morgan fingerprint density at radius 3 is 2.92 bits per heavy atom. The van der Waals surface area contributed by atoms with Gasteiger partial charge in [0.2, 0.25) is 11.9 Å². The number of nitrogens with two attached hydrogens (primary N) is 1. The third-order valence-electron chi connectivity index (χ3n) is 1.87. The van der Waals surface area contributed by atoms with Crippen LogP contribution in [0.4, 0.5) is 5.95 Å². The number of nitrogens with zero attached hydrogens (tertiary/aromatic N) is 2. The lowest BCUT2D eigenvalue weighted by molar-refractivity contribution is -0.116. The Balaban J connectivity index is 2.67. The quantitative estimate of drug-likeness (QED) is 0.681. The lowest BCUT2D eigenvalue weighted by Crippen LogP contribution is -2.23. The molecule has 1 aromatic heterocycles. The fourth-order valence-electron chi connectivity index (χ4n) is 1.10. The number of primary amides is 1. The monoisotopic (exact) mass is 182 g/mol. The van der Waals surface area contributed by atoms with Crippen LogP contribution in [0.2, 0.25) is 0 Å². The predicted octanol–water partition coefficient (Wildman–Crippen LogP) is -0.120. The number of nitrogens with one attached hydrogen (secondary N) is 1. The molecular formula is C8H14N4O. The van der Waals surface area contributed by atoms with Crippen molar-refractivity contribution in [2.24, 2.45) is 12.8 Å². The zero-order chi connectivity index (χ0) is 9.84. The minimum Gasteiger partial charge on any atom is -0.368 e. The fourth-order valence-corrected chi connectivity index (χ4v) is 1.10. The number of aryl methyl sites for hydroxylation is 1. The summed E-state index contributed by atoms with van der Waals surface area (Å²) in [4.78, 5) is 14.6. The number of rotatable bonds is 4. The van der Waals surface area contributed by atoms with Gasteiger partial charge in [-0.2, -0.15) is 0 Å². The topological polar surface area (TPSA) is 72.9 Å². The maximum atomic E-state index is 10.5. The van der Waals surface area contributed by atoms with E-state index in [1.807, 2.05) is 11.6 Å². The average molecular weight is 182 g/mol. The summed E-state index contributed by atoms with van der Waals surface area (Å²) in [5.41, 5.74) is 6.11. The molecule has 0 saturated heterocycles. The van der Waals surface area contributed by atoms with E-state index in [0.29, 0.717) is 5.95 Å². The van der Waals surface area contributed by atoms with Gasteiger partial charge in [0, 0.05) is 12.7 Å². The van der Waals surface area contributed by atoms with Crippen LogP contribution in [0.3, 0.4) is 0 Å². The number of carbonyl (C=O) groups is 1. The van der Waals surface area contributed by atoms with E-state index in [9.17, 15) is 4.79 Å². The molecule has 3 N–H and O–H groups in total. The summed E-state index contributed by atoms with van der Waals surface area (Å²) < 4.78 is 1.91. The molecule has 13 heavy (non-hydrogen) atoms. The molecule has 0 spiro atoms. The first kappa shape index (κ1) is 9.57. The van der Waals surface area contributed by atoms with Crippen LogP contribution in [-0.4, -0.2) is 22.0 Å². The third kappa shape index (κ3) is 2.21. The summed E-state index contributed by atoms with van der Waals surface area (Å²) >= 11 is 0. The molecule has 0 saturated carbocycles. The van der Waals surface area contributed by atoms with Crippen LogP contribution in [0.1, 0.15) is 12.6 Å². The lowest BCUT2D eigenvalue weighted by atomic mass is 10.4. The van der Waals surface area contributed by atoms with E-state index in [1.54, 1.807) is 6.20 Å². The minimum absolute atomic E-state index is 0.119. The van der Waals surface area contributed by atoms with Crippen molar-refractivity contribution in [1.29, 1.82) is 0 Å². The standard InChI is InChI=1S/C8H14N4O/c1-3-6-4-10-8(12(6)2)11-5-7(9)13/h4H,3,5H2,1-2H3,(H2,9,13)(H,10,11). The van der Waals surface area contributed by atoms with Gasteiger partial charge >= 0.3 is 0 Å². The van der Waals surface area contributed by atoms with Crippen LogP contribution in [0.25, 0.3) is 0 Å². The van der Waals surface area contributed by atoms with Gasteiger partial charge in [0.05, 0.1) is 12.7 Å². The highest BCUT2D eigenvalue weighted by Gasteiger charge is 2.04. The van der Waals surface area contributed by atoms with Gasteiger partial charge in [-0.3, -0.25) is 4.79 Å². The van der Waals surface area contributed by atoms with Gasteiger partial charge in [-0.15, -0.1) is 0 Å². The number of aromatic nitrogens is 2. The van der Waals surface area contributed by atoms with Gasteiger partial charge in [0.25, 0.3) is 0 Å². The van der Waals surface area contributed by atoms with Gasteiger partial charge in [-0.05, 0) is 6.42 Å². The zero-order valence-electron chi connectivity index (χ0n) is 7.87. The second kappa shape index (κ2) is 3.93. The molecule has 0 aliphatic rings. The van der Waals surface area contributed by atoms with Crippen LogP contribution in [0, 0.1) is 0 Å². The van der Waals surface area contributed by atoms with E-state index in [4.69, 9.17) is 5.73 Å². The molecule has 0 radical (unpaired) electrons. The summed E-state index contributed by atoms with van der Waals surface area (Å²) in [5.74, 6) is 0.289. The van der Waals surface area contributed by atoms with Crippen molar-refractivity contribution in [3.63, 3.8) is 0 Å². The van der Waals surface area contributed by atoms with Gasteiger partial charge in [0.15, 0.2) is 0 Å². The first-order valence-electron chi connectivity index (χ1n) is 4.18. The molecule has 0 fully saturated rings. The number of hydrogen-bond acceptors (Lipinski definition) is 3. The molecule has 0 aromatic carbocycles. The SMILES string of the molecule is CCc1cnc(NCC(N)=O)n1C. The first-order valence-corrected chi connectivity index (χ1v) is 4.18. The maximum Gasteiger partial charge on any atom is 0.236 e. The van der Waals surface area contributed by atoms with E-state index in [2.05, 4.69) is 17.2 Å². The molecule has 5 heteroatoms. The maximum absolute atomic E-state index is 10.5. The van der Waals surface area contributed by atoms with Crippen LogP contribution in [0.5, 0.6) is 0 Å². The minimum atomic E-state index is -0.388. The van der Waals surface area contributed by atoms with Crippen LogP contribution < -0.4 is 11.1 Å². The molecule has 72 valence electrons. The van der Waals surface area contributed by atoms with Crippen molar-refractivity contribution in [3.05, 3.63) is 11.9 Å². The Labute approximate surface area is 76.9 Å². The van der Waals surface area contributed by atoms with E-state index in [0.717, 1.165) is 12.1 Å². The zero-order valence-corrected chi connectivity index (χ0v) is 7.87. The molecule has 1 rings (SSSR count). The van der Waals surface area contributed by atoms with Crippen molar-refractivity contribution in [3.8, 4) is 0 Å². The molecule has 0 atom stereocenters. The van der Waals surface area contributed by atoms with E-state index in [-0.39, 0.29) is 12.5 Å². The number of anilines is 1. The Morgan fingerprint density at radius 2 is 2.46 bits per heavy atom. The van der Waals surface area contributed by atoms with Crippen LogP contribution >= 0.6 is 0 Å². The summed E-state index contributed by atoms with van der Waals surface area (Å²) in [6.45, 7) is 2.17. The summed E-state index contributed by atoms with van der Waals surface area (Å²) in [6, 6.07) is 0. The fraction of sp³-hybridized carbons (Fsp3) is 0.500. The van der Waals surface area contributed by atoms with E-state index < -0.39 is 0 Å². The Kier molecular flexibility index (Phi) is 2.89. The number of hydrogen-bond donors (Lipinski definition) is 2. The van der Waals surface area contributed by atoms with Crippen LogP contribution in [0.15, 0.2) is 6.20 Å². The highest BCUT2D eigenvalue weighted by atomic mass is 16.1. The van der Waals surface area contributed by atoms with Crippen LogP contribution in [-0.2, 0) is 18.3 Å². The van der Waals surface area contributed by atoms with E-state index in [1.165, 1.54) is 0 Å². The molecule has 5 nitrogen and oxygen atoms in total. The summed E-state index contributed by atoms with van der Waals surface area (Å²) in [6.07, 6.45) is 2.70. The van der Waals surface area contributed by atoms with Crippen molar-refractivity contribution in [2.75, 3.05) is 11.9 Å². The van der Waals surface area contributed by atoms with Gasteiger partial charge in [-0.1, -0.05) is 6.92 Å². The Morgan fingerprint density at radius 1 is 1.77 bits per heavy atom. The van der Waals surface area contributed by atoms with Crippen molar-refractivity contribution in [1.82, 2.24) is 9.55 Å². The number of imidazole rings is 1. The second-order valence-corrected chi connectivity index (χ2v) is 2.81. The lowest BCUT2D eigenvalue weighted by Gasteiger charge is -2.04. The summed E-state index contributed by atoms with van der Waals surface area (Å²) in [7, 11) is 1.90. The van der Waals surface area contributed by atoms with Gasteiger partial charge in [-0.25, -0.2) is 4.98 Å². The molecule has 1 amide bonds. The number of carbonyl (C=O) groups excluding carboxylic acids is 1. The Bertz CT molecular complexity index is 305. The van der Waals surface area contributed by atoms with E-state index >= 15 is 0 Å². The van der Waals surface area contributed by atoms with Gasteiger partial charge < -0.3 is 15.6 Å². The largest absolute Gasteiger partial charge is 0.368 e. The second-order valence-electron chi connectivity index (χ2n) is 2.81. The highest BCUT2D eigenvalue weighted by molar-refractivity contribution is 5.78. The molecule has 0 aliphatic heterocycles. The van der Waals surface area contributed by atoms with Crippen molar-refractivity contribution < 1.29 is 4.79 Å². The predicted molar refractivity (Wildman–Crippen MR) is 50.3 cm³/mol. The first-order chi connectivity index (χ1) is 6.15. The third-order valence-corrected chi connectivity index (χ3v) is 1.87. The molecule has 0 bridgehead atoms. The molecule has 1 aromatic rings. The smallest absolute Gasteiger partial charge is 0.236 e. The average Bonchev–Trinajstić information content (AvgIpc) is 2.43. The molecular weight excluding hydrogens is 168 g/mol. The molecule has 0 aliphatic carbocycles. The highest BCUT2D eigenvalue weighted by Crippen LogP contribution is 2.07. The van der Waals surface area contributed by atoms with Gasteiger partial charge in [0.1, 0.15) is 0 Å². The summed E-state index contributed by atoms with van der Waals surface area (Å²) in [5, 5.41) is 2.84.